The highest BCUT2D eigenvalue weighted by Gasteiger charge is 2.25. The number of anilines is 1. The Labute approximate surface area is 182 Å². The summed E-state index contributed by atoms with van der Waals surface area (Å²) in [5.74, 6) is 0.631. The number of fused-ring (bicyclic) bond motifs is 2. The van der Waals surface area contributed by atoms with Gasteiger partial charge in [0.25, 0.3) is 5.56 Å². The number of aromatic amines is 1. The predicted molar refractivity (Wildman–Crippen MR) is 120 cm³/mol. The third-order valence-corrected chi connectivity index (χ3v) is 6.29. The summed E-state index contributed by atoms with van der Waals surface area (Å²) in [5, 5.41) is 11.3. The van der Waals surface area contributed by atoms with Crippen LogP contribution in [0.25, 0.3) is 22.1 Å². The average Bonchev–Trinajstić information content (AvgIpc) is 3.30. The van der Waals surface area contributed by atoms with Crippen molar-refractivity contribution in [3.8, 4) is 0 Å². The second-order valence-corrected chi connectivity index (χ2v) is 8.56. The van der Waals surface area contributed by atoms with Crippen LogP contribution in [0.5, 0.6) is 0 Å². The lowest BCUT2D eigenvalue weighted by atomic mass is 10.1. The number of piperidine rings is 1. The first-order chi connectivity index (χ1) is 14.8. The minimum atomic E-state index is -0.423. The molecule has 9 nitrogen and oxygen atoms in total. The molecule has 1 saturated heterocycles. The van der Waals surface area contributed by atoms with Gasteiger partial charge in [-0.2, -0.15) is 4.98 Å². The molecule has 1 aromatic carbocycles. The summed E-state index contributed by atoms with van der Waals surface area (Å²) in [6.45, 7) is 1.42. The first-order valence-electron chi connectivity index (χ1n) is 10.2. The van der Waals surface area contributed by atoms with E-state index in [2.05, 4.69) is 9.97 Å². The highest BCUT2D eigenvalue weighted by molar-refractivity contribution is 6.31. The van der Waals surface area contributed by atoms with Crippen molar-refractivity contribution in [2.45, 2.75) is 25.5 Å². The first-order valence-corrected chi connectivity index (χ1v) is 10.6. The molecule has 1 aliphatic rings. The Kier molecular flexibility index (Phi) is 4.67. The molecule has 0 radical (unpaired) electrons. The maximum absolute atomic E-state index is 13.3. The Hall–Kier alpha value is -3.04. The lowest BCUT2D eigenvalue weighted by Crippen LogP contribution is -2.40. The number of rotatable bonds is 3. The molecule has 5 rings (SSSR count). The summed E-state index contributed by atoms with van der Waals surface area (Å²) in [4.78, 5) is 36.3. The minimum Gasteiger partial charge on any atom is -0.393 e. The number of benzene rings is 1. The van der Waals surface area contributed by atoms with E-state index in [-0.39, 0.29) is 18.2 Å². The van der Waals surface area contributed by atoms with Crippen LogP contribution in [0.2, 0.25) is 5.02 Å². The standard InChI is InChI=1S/C21H23ClN6O3/c1-25-17-18(24-20(25)27-7-5-15(29)6-8-27)26(2)21(31)28(19(17)30)11-14-10-12-9-13(22)3-4-16(12)23-14/h3-4,9-10,15,23,29H,5-8,11H2,1-2H3. The fourth-order valence-corrected chi connectivity index (χ4v) is 4.52. The van der Waals surface area contributed by atoms with Crippen LogP contribution in [-0.2, 0) is 20.6 Å². The van der Waals surface area contributed by atoms with Gasteiger partial charge in [0.15, 0.2) is 11.2 Å². The van der Waals surface area contributed by atoms with E-state index in [0.29, 0.717) is 48.1 Å². The van der Waals surface area contributed by atoms with Gasteiger partial charge in [0, 0.05) is 48.8 Å². The molecule has 3 aromatic heterocycles. The van der Waals surface area contributed by atoms with Crippen LogP contribution in [-0.4, -0.2) is 48.0 Å². The van der Waals surface area contributed by atoms with Crippen molar-refractivity contribution < 1.29 is 5.11 Å². The number of aryl methyl sites for hydroxylation is 2. The zero-order valence-corrected chi connectivity index (χ0v) is 18.1. The van der Waals surface area contributed by atoms with Crippen molar-refractivity contribution in [2.24, 2.45) is 14.1 Å². The number of hydrogen-bond acceptors (Lipinski definition) is 5. The summed E-state index contributed by atoms with van der Waals surface area (Å²) in [5.41, 5.74) is 1.56. The quantitative estimate of drug-likeness (QED) is 0.501. The van der Waals surface area contributed by atoms with Gasteiger partial charge in [-0.15, -0.1) is 0 Å². The molecule has 4 heterocycles. The minimum absolute atomic E-state index is 0.115. The molecule has 10 heteroatoms. The number of aliphatic hydroxyl groups is 1. The molecule has 0 atom stereocenters. The summed E-state index contributed by atoms with van der Waals surface area (Å²) in [6, 6.07) is 7.39. The van der Waals surface area contributed by atoms with Crippen LogP contribution in [0.1, 0.15) is 18.5 Å². The van der Waals surface area contributed by atoms with Crippen LogP contribution in [0.15, 0.2) is 33.9 Å². The lowest BCUT2D eigenvalue weighted by molar-refractivity contribution is 0.145. The smallest absolute Gasteiger partial charge is 0.332 e. The van der Waals surface area contributed by atoms with Crippen LogP contribution in [0.3, 0.4) is 0 Å². The van der Waals surface area contributed by atoms with E-state index in [1.807, 2.05) is 23.1 Å². The average molecular weight is 443 g/mol. The molecule has 1 aliphatic heterocycles. The van der Waals surface area contributed by atoms with Crippen molar-refractivity contribution >= 4 is 39.6 Å². The maximum Gasteiger partial charge on any atom is 0.332 e. The largest absolute Gasteiger partial charge is 0.393 e. The molecule has 0 spiro atoms. The molecule has 4 aromatic rings. The monoisotopic (exact) mass is 442 g/mol. The molecular weight excluding hydrogens is 420 g/mol. The normalized spacial score (nSPS) is 15.4. The van der Waals surface area contributed by atoms with E-state index in [4.69, 9.17) is 11.6 Å². The molecule has 1 fully saturated rings. The van der Waals surface area contributed by atoms with E-state index in [1.165, 1.54) is 9.13 Å². The van der Waals surface area contributed by atoms with Gasteiger partial charge in [-0.3, -0.25) is 13.9 Å². The number of aliphatic hydroxyl groups excluding tert-OH is 1. The summed E-state index contributed by atoms with van der Waals surface area (Å²) >= 11 is 6.07. The maximum atomic E-state index is 13.3. The SMILES string of the molecule is Cn1c(N2CCC(O)CC2)nc2c1c(=O)n(Cc1cc3cc(Cl)ccc3[nH]1)c(=O)n2C. The number of H-pyrrole nitrogens is 1. The highest BCUT2D eigenvalue weighted by Crippen LogP contribution is 2.23. The molecule has 0 saturated carbocycles. The Balaban J connectivity index is 1.61. The van der Waals surface area contributed by atoms with Crippen molar-refractivity contribution in [3.63, 3.8) is 0 Å². The third kappa shape index (κ3) is 3.24. The van der Waals surface area contributed by atoms with Gasteiger partial charge in [0.1, 0.15) is 0 Å². The van der Waals surface area contributed by atoms with E-state index in [1.54, 1.807) is 24.7 Å². The summed E-state index contributed by atoms with van der Waals surface area (Å²) in [7, 11) is 3.42. The fourth-order valence-electron chi connectivity index (χ4n) is 4.34. The first kappa shape index (κ1) is 19.9. The van der Waals surface area contributed by atoms with Gasteiger partial charge >= 0.3 is 5.69 Å². The van der Waals surface area contributed by atoms with Gasteiger partial charge in [0.2, 0.25) is 5.95 Å². The van der Waals surface area contributed by atoms with Crippen molar-refractivity contribution in [2.75, 3.05) is 18.0 Å². The topological polar surface area (TPSA) is 101 Å². The predicted octanol–water partition coefficient (Wildman–Crippen LogP) is 1.58. The zero-order valence-electron chi connectivity index (χ0n) is 17.3. The number of hydrogen-bond donors (Lipinski definition) is 2. The third-order valence-electron chi connectivity index (χ3n) is 6.05. The molecule has 162 valence electrons. The van der Waals surface area contributed by atoms with Crippen LogP contribution >= 0.6 is 11.6 Å². The Morgan fingerprint density at radius 1 is 1.16 bits per heavy atom. The van der Waals surface area contributed by atoms with E-state index in [9.17, 15) is 14.7 Å². The molecule has 31 heavy (non-hydrogen) atoms. The Bertz CT molecular complexity index is 1420. The second kappa shape index (κ2) is 7.28. The summed E-state index contributed by atoms with van der Waals surface area (Å²) < 4.78 is 4.38. The van der Waals surface area contributed by atoms with Gasteiger partial charge in [-0.25, -0.2) is 4.79 Å². The lowest BCUT2D eigenvalue weighted by Gasteiger charge is -2.30. The van der Waals surface area contributed by atoms with Gasteiger partial charge < -0.3 is 19.6 Å². The van der Waals surface area contributed by atoms with Crippen LogP contribution in [0, 0.1) is 0 Å². The molecular formula is C21H23ClN6O3. The van der Waals surface area contributed by atoms with Crippen LogP contribution < -0.4 is 16.1 Å². The second-order valence-electron chi connectivity index (χ2n) is 8.12. The van der Waals surface area contributed by atoms with Crippen molar-refractivity contribution in [1.82, 2.24) is 23.7 Å². The van der Waals surface area contributed by atoms with E-state index < -0.39 is 5.69 Å². The zero-order chi connectivity index (χ0) is 21.9. The molecule has 0 bridgehead atoms. The molecule has 2 N–H and O–H groups in total. The molecule has 0 unspecified atom stereocenters. The van der Waals surface area contributed by atoms with E-state index in [0.717, 1.165) is 16.6 Å². The van der Waals surface area contributed by atoms with Crippen LogP contribution in [0.4, 0.5) is 5.95 Å². The number of nitrogens with one attached hydrogen (secondary N) is 1. The summed E-state index contributed by atoms with van der Waals surface area (Å²) in [6.07, 6.45) is 0.992. The molecule has 0 amide bonds. The van der Waals surface area contributed by atoms with Gasteiger partial charge in [-0.1, -0.05) is 11.6 Å². The van der Waals surface area contributed by atoms with Gasteiger partial charge in [-0.05, 0) is 37.1 Å². The van der Waals surface area contributed by atoms with E-state index >= 15 is 0 Å². The fraction of sp³-hybridized carbons (Fsp3) is 0.381. The molecule has 0 aliphatic carbocycles. The number of halogens is 1. The van der Waals surface area contributed by atoms with Gasteiger partial charge in [0.05, 0.1) is 12.6 Å². The number of imidazole rings is 1. The number of nitrogens with zero attached hydrogens (tertiary/aromatic N) is 5. The highest BCUT2D eigenvalue weighted by atomic mass is 35.5. The van der Waals surface area contributed by atoms with Crippen molar-refractivity contribution in [1.29, 1.82) is 0 Å². The Morgan fingerprint density at radius 3 is 2.65 bits per heavy atom. The van der Waals surface area contributed by atoms with Crippen molar-refractivity contribution in [3.05, 3.63) is 55.8 Å². The number of aromatic nitrogens is 5. The Morgan fingerprint density at radius 2 is 1.90 bits per heavy atom.